The number of nitrogens with two attached hydrogens (primary N) is 1. The van der Waals surface area contributed by atoms with E-state index in [1.54, 1.807) is 29.2 Å². The number of rotatable bonds is 6. The molecule has 1 aromatic carbocycles. The summed E-state index contributed by atoms with van der Waals surface area (Å²) < 4.78 is 0. The lowest BCUT2D eigenvalue weighted by Gasteiger charge is -2.51. The Morgan fingerprint density at radius 1 is 1.43 bits per heavy atom. The van der Waals surface area contributed by atoms with E-state index >= 15 is 0 Å². The maximum absolute atomic E-state index is 12.2. The van der Waals surface area contributed by atoms with Crippen LogP contribution in [-0.4, -0.2) is 53.4 Å². The molecule has 1 aromatic rings. The lowest BCUT2D eigenvalue weighted by atomic mass is 9.76. The summed E-state index contributed by atoms with van der Waals surface area (Å²) in [5, 5.41) is 12.4. The molecule has 3 rings (SSSR count). The first-order chi connectivity index (χ1) is 13.2. The standard InChI is InChI=1S/C20H24ClN5O2/c1-3-15(27)26-10-13(11-26)20(2)8-9-24-19(25-20)16(18(23)28)17(22)12-4-6-14(21)7-5-12/h3-7,13,16,22H,1,8-11H2,2H3,(H2,23,28)(H,24,25). The van der Waals surface area contributed by atoms with Crippen molar-refractivity contribution >= 4 is 35.0 Å². The predicted octanol–water partition coefficient (Wildman–Crippen LogP) is 1.60. The van der Waals surface area contributed by atoms with Gasteiger partial charge >= 0.3 is 0 Å². The van der Waals surface area contributed by atoms with Crippen molar-refractivity contribution in [3.63, 3.8) is 0 Å². The molecule has 0 bridgehead atoms. The van der Waals surface area contributed by atoms with Gasteiger partial charge in [0.2, 0.25) is 11.8 Å². The first kappa shape index (κ1) is 20.1. The van der Waals surface area contributed by atoms with Crippen LogP contribution in [0.5, 0.6) is 0 Å². The van der Waals surface area contributed by atoms with E-state index in [2.05, 4.69) is 23.8 Å². The van der Waals surface area contributed by atoms with Gasteiger partial charge in [-0.15, -0.1) is 0 Å². The first-order valence-electron chi connectivity index (χ1n) is 9.12. The zero-order chi connectivity index (χ0) is 20.5. The fourth-order valence-corrected chi connectivity index (χ4v) is 3.80. The Hall–Kier alpha value is -2.67. The van der Waals surface area contributed by atoms with E-state index in [4.69, 9.17) is 22.7 Å². The first-order valence-corrected chi connectivity index (χ1v) is 9.50. The Balaban J connectivity index is 1.77. The Bertz CT molecular complexity index is 845. The summed E-state index contributed by atoms with van der Waals surface area (Å²) in [7, 11) is 0. The number of aliphatic imine (C=N–C) groups is 1. The molecule has 0 saturated carbocycles. The minimum absolute atomic E-state index is 0.0796. The van der Waals surface area contributed by atoms with E-state index in [-0.39, 0.29) is 23.1 Å². The summed E-state index contributed by atoms with van der Waals surface area (Å²) in [5.41, 5.74) is 5.95. The van der Waals surface area contributed by atoms with Gasteiger partial charge in [0.15, 0.2) is 0 Å². The fourth-order valence-electron chi connectivity index (χ4n) is 3.67. The van der Waals surface area contributed by atoms with E-state index in [1.165, 1.54) is 6.08 Å². The number of likely N-dealkylation sites (tertiary alicyclic amines) is 1. The van der Waals surface area contributed by atoms with Gasteiger partial charge in [0.1, 0.15) is 11.8 Å². The predicted molar refractivity (Wildman–Crippen MR) is 110 cm³/mol. The van der Waals surface area contributed by atoms with E-state index in [0.717, 1.165) is 6.42 Å². The number of benzene rings is 1. The summed E-state index contributed by atoms with van der Waals surface area (Å²) in [6, 6.07) is 6.72. The molecule has 28 heavy (non-hydrogen) atoms. The van der Waals surface area contributed by atoms with Crippen LogP contribution >= 0.6 is 11.6 Å². The van der Waals surface area contributed by atoms with Crippen LogP contribution in [0, 0.1) is 17.2 Å². The summed E-state index contributed by atoms with van der Waals surface area (Å²) in [5.74, 6) is -1.04. The van der Waals surface area contributed by atoms with Crippen molar-refractivity contribution in [2.75, 3.05) is 19.6 Å². The number of hydrogen-bond donors (Lipinski definition) is 3. The Morgan fingerprint density at radius 3 is 2.64 bits per heavy atom. The van der Waals surface area contributed by atoms with Crippen LogP contribution in [0.1, 0.15) is 18.9 Å². The maximum Gasteiger partial charge on any atom is 0.245 e. The highest BCUT2D eigenvalue weighted by Crippen LogP contribution is 2.32. The second kappa shape index (κ2) is 7.75. The number of amides is 2. The number of halogens is 1. The summed E-state index contributed by atoms with van der Waals surface area (Å²) in [6.45, 7) is 7.35. The van der Waals surface area contributed by atoms with Gasteiger partial charge < -0.3 is 21.4 Å². The summed E-state index contributed by atoms with van der Waals surface area (Å²) in [4.78, 5) is 30.1. The number of amidine groups is 1. The van der Waals surface area contributed by atoms with Crippen molar-refractivity contribution in [2.24, 2.45) is 22.6 Å². The van der Waals surface area contributed by atoms with Crippen LogP contribution < -0.4 is 11.1 Å². The molecule has 0 radical (unpaired) electrons. The lowest BCUT2D eigenvalue weighted by Crippen LogP contribution is -2.66. The zero-order valence-corrected chi connectivity index (χ0v) is 16.5. The van der Waals surface area contributed by atoms with Gasteiger partial charge in [-0.1, -0.05) is 30.3 Å². The molecule has 2 amide bonds. The smallest absolute Gasteiger partial charge is 0.245 e. The van der Waals surface area contributed by atoms with Crippen LogP contribution in [0.3, 0.4) is 0 Å². The van der Waals surface area contributed by atoms with E-state index in [0.29, 0.717) is 36.1 Å². The molecule has 8 heteroatoms. The van der Waals surface area contributed by atoms with Gasteiger partial charge in [0, 0.05) is 36.1 Å². The third kappa shape index (κ3) is 3.80. The molecule has 2 heterocycles. The molecule has 2 aliphatic heterocycles. The molecular weight excluding hydrogens is 378 g/mol. The van der Waals surface area contributed by atoms with Crippen LogP contribution in [0.15, 0.2) is 41.9 Å². The third-order valence-corrected chi connectivity index (χ3v) is 5.85. The second-order valence-electron chi connectivity index (χ2n) is 7.46. The van der Waals surface area contributed by atoms with E-state index < -0.39 is 11.8 Å². The van der Waals surface area contributed by atoms with Crippen LogP contribution in [-0.2, 0) is 9.59 Å². The van der Waals surface area contributed by atoms with Gasteiger partial charge in [-0.25, -0.2) is 0 Å². The Morgan fingerprint density at radius 2 is 2.07 bits per heavy atom. The quantitative estimate of drug-likeness (QED) is 0.497. The fraction of sp³-hybridized carbons (Fsp3) is 0.400. The minimum atomic E-state index is -0.966. The zero-order valence-electron chi connectivity index (χ0n) is 15.7. The van der Waals surface area contributed by atoms with Crippen molar-refractivity contribution in [3.8, 4) is 0 Å². The topological polar surface area (TPSA) is 112 Å². The van der Waals surface area contributed by atoms with E-state index in [9.17, 15) is 9.59 Å². The molecule has 0 aliphatic carbocycles. The Kier molecular flexibility index (Phi) is 5.56. The van der Waals surface area contributed by atoms with Crippen molar-refractivity contribution in [1.82, 2.24) is 10.2 Å². The number of carbonyl (C=O) groups excluding carboxylic acids is 2. The van der Waals surface area contributed by atoms with Crippen molar-refractivity contribution in [3.05, 3.63) is 47.5 Å². The molecule has 148 valence electrons. The molecule has 2 unspecified atom stereocenters. The third-order valence-electron chi connectivity index (χ3n) is 5.60. The number of nitrogens with one attached hydrogen (secondary N) is 2. The van der Waals surface area contributed by atoms with Crippen LogP contribution in [0.25, 0.3) is 0 Å². The highest BCUT2D eigenvalue weighted by atomic mass is 35.5. The van der Waals surface area contributed by atoms with Crippen molar-refractivity contribution in [2.45, 2.75) is 18.9 Å². The SMILES string of the molecule is C=CC(=O)N1CC(C2(C)CCN=C(C(C(=N)c3ccc(Cl)cc3)C(N)=O)N2)C1. The molecule has 0 aromatic heterocycles. The second-order valence-corrected chi connectivity index (χ2v) is 7.90. The summed E-state index contributed by atoms with van der Waals surface area (Å²) in [6.07, 6.45) is 2.09. The highest BCUT2D eigenvalue weighted by Gasteiger charge is 2.46. The maximum atomic E-state index is 12.2. The lowest BCUT2D eigenvalue weighted by molar-refractivity contribution is -0.134. The molecule has 1 fully saturated rings. The van der Waals surface area contributed by atoms with Gasteiger partial charge in [0.05, 0.1) is 5.71 Å². The van der Waals surface area contributed by atoms with Crippen molar-refractivity contribution < 1.29 is 9.59 Å². The van der Waals surface area contributed by atoms with Gasteiger partial charge in [-0.05, 0) is 37.1 Å². The average molecular weight is 402 g/mol. The van der Waals surface area contributed by atoms with Gasteiger partial charge in [-0.2, -0.15) is 0 Å². The molecule has 0 spiro atoms. The Labute approximate surface area is 169 Å². The monoisotopic (exact) mass is 401 g/mol. The highest BCUT2D eigenvalue weighted by molar-refractivity contribution is 6.31. The number of carbonyl (C=O) groups is 2. The molecule has 4 N–H and O–H groups in total. The molecular formula is C20H24ClN5O2. The minimum Gasteiger partial charge on any atom is -0.369 e. The normalized spacial score (nSPS) is 23.1. The molecule has 2 atom stereocenters. The summed E-state index contributed by atoms with van der Waals surface area (Å²) >= 11 is 5.91. The molecule has 1 saturated heterocycles. The average Bonchev–Trinajstić information content (AvgIpc) is 2.60. The van der Waals surface area contributed by atoms with Crippen LogP contribution in [0.2, 0.25) is 5.02 Å². The largest absolute Gasteiger partial charge is 0.369 e. The van der Waals surface area contributed by atoms with Crippen molar-refractivity contribution in [1.29, 1.82) is 5.41 Å². The van der Waals surface area contributed by atoms with Crippen LogP contribution in [0.4, 0.5) is 0 Å². The van der Waals surface area contributed by atoms with Gasteiger partial charge in [-0.3, -0.25) is 14.6 Å². The molecule has 7 nitrogen and oxygen atoms in total. The van der Waals surface area contributed by atoms with E-state index in [1.807, 2.05) is 0 Å². The number of hydrogen-bond acceptors (Lipinski definition) is 5. The van der Waals surface area contributed by atoms with Gasteiger partial charge in [0.25, 0.3) is 0 Å². The number of primary amides is 1. The number of nitrogens with zero attached hydrogens (tertiary/aromatic N) is 2. The molecule has 2 aliphatic rings.